The summed E-state index contributed by atoms with van der Waals surface area (Å²) >= 11 is 6.41. The van der Waals surface area contributed by atoms with Crippen molar-refractivity contribution in [2.45, 2.75) is 0 Å². The molecule has 7 nitrogen and oxygen atoms in total. The van der Waals surface area contributed by atoms with Crippen LogP contribution in [0.1, 0.15) is 10.4 Å². The SMILES string of the molecule is Nc1cc2c(cc1C(=O)Nc1ncc(Br)nc1Br)OCO2. The molecule has 0 atom stereocenters. The number of hydrogen-bond acceptors (Lipinski definition) is 6. The van der Waals surface area contributed by atoms with Gasteiger partial charge in [-0.3, -0.25) is 4.79 Å². The first kappa shape index (κ1) is 14.1. The van der Waals surface area contributed by atoms with Crippen LogP contribution in [-0.2, 0) is 0 Å². The van der Waals surface area contributed by atoms with Gasteiger partial charge in [0.15, 0.2) is 17.3 Å². The lowest BCUT2D eigenvalue weighted by Crippen LogP contribution is -2.15. The smallest absolute Gasteiger partial charge is 0.259 e. The van der Waals surface area contributed by atoms with Gasteiger partial charge in [0.25, 0.3) is 5.91 Å². The fourth-order valence-corrected chi connectivity index (χ4v) is 2.67. The number of rotatable bonds is 2. The first-order valence-electron chi connectivity index (χ1n) is 5.73. The van der Waals surface area contributed by atoms with E-state index in [2.05, 4.69) is 47.1 Å². The predicted molar refractivity (Wildman–Crippen MR) is 82.4 cm³/mol. The van der Waals surface area contributed by atoms with E-state index in [-0.39, 0.29) is 18.0 Å². The van der Waals surface area contributed by atoms with E-state index >= 15 is 0 Å². The summed E-state index contributed by atoms with van der Waals surface area (Å²) in [4.78, 5) is 20.4. The van der Waals surface area contributed by atoms with Crippen LogP contribution in [0.15, 0.2) is 27.5 Å². The zero-order chi connectivity index (χ0) is 15.0. The maximum absolute atomic E-state index is 12.3. The molecule has 1 aliphatic heterocycles. The number of halogens is 2. The van der Waals surface area contributed by atoms with Crippen LogP contribution in [0.2, 0.25) is 0 Å². The molecule has 0 saturated heterocycles. The summed E-state index contributed by atoms with van der Waals surface area (Å²) in [5, 5.41) is 2.63. The third-order valence-corrected chi connectivity index (χ3v) is 3.66. The number of amides is 1. The van der Waals surface area contributed by atoms with E-state index < -0.39 is 5.91 Å². The summed E-state index contributed by atoms with van der Waals surface area (Å²) in [5.74, 6) is 0.882. The van der Waals surface area contributed by atoms with Crippen molar-refractivity contribution in [3.05, 3.63) is 33.1 Å². The van der Waals surface area contributed by atoms with Gasteiger partial charge in [-0.05, 0) is 37.9 Å². The Morgan fingerprint density at radius 2 is 2.00 bits per heavy atom. The summed E-state index contributed by atoms with van der Waals surface area (Å²) in [6.07, 6.45) is 1.48. The third kappa shape index (κ3) is 2.79. The third-order valence-electron chi connectivity index (χ3n) is 2.72. The molecule has 0 aliphatic carbocycles. The van der Waals surface area contributed by atoms with Gasteiger partial charge in [-0.1, -0.05) is 0 Å². The van der Waals surface area contributed by atoms with Gasteiger partial charge in [0.1, 0.15) is 9.21 Å². The zero-order valence-corrected chi connectivity index (χ0v) is 13.6. The van der Waals surface area contributed by atoms with Gasteiger partial charge in [-0.2, -0.15) is 0 Å². The first-order chi connectivity index (χ1) is 10.0. The topological polar surface area (TPSA) is 99.4 Å². The quantitative estimate of drug-likeness (QED) is 0.731. The number of fused-ring (bicyclic) bond motifs is 1. The molecule has 2 heterocycles. The van der Waals surface area contributed by atoms with Crippen molar-refractivity contribution >= 4 is 49.3 Å². The van der Waals surface area contributed by atoms with Crippen molar-refractivity contribution in [1.29, 1.82) is 0 Å². The highest BCUT2D eigenvalue weighted by atomic mass is 79.9. The predicted octanol–water partition coefficient (Wildman–Crippen LogP) is 2.56. The Labute approximate surface area is 136 Å². The minimum absolute atomic E-state index is 0.115. The summed E-state index contributed by atoms with van der Waals surface area (Å²) in [6, 6.07) is 3.09. The standard InChI is InChI=1S/C12H8Br2N4O3/c13-9-3-16-11(10(14)17-9)18-12(19)5-1-7-8(2-6(5)15)21-4-20-7/h1-3H,4,15H2,(H,16,18,19). The molecule has 3 rings (SSSR count). The number of nitrogens with one attached hydrogen (secondary N) is 1. The molecular formula is C12H8Br2N4O3. The van der Waals surface area contributed by atoms with Gasteiger partial charge in [0.05, 0.1) is 11.8 Å². The minimum atomic E-state index is -0.414. The maximum Gasteiger partial charge on any atom is 0.259 e. The van der Waals surface area contributed by atoms with Crippen LogP contribution in [0.4, 0.5) is 11.5 Å². The number of hydrogen-bond donors (Lipinski definition) is 2. The van der Waals surface area contributed by atoms with Crippen molar-refractivity contribution < 1.29 is 14.3 Å². The molecule has 0 fully saturated rings. The highest BCUT2D eigenvalue weighted by molar-refractivity contribution is 9.11. The number of ether oxygens (including phenoxy) is 2. The van der Waals surface area contributed by atoms with E-state index in [0.29, 0.717) is 26.5 Å². The summed E-state index contributed by atoms with van der Waals surface area (Å²) in [6.45, 7) is 0.115. The van der Waals surface area contributed by atoms with Crippen LogP contribution in [0.25, 0.3) is 0 Å². The number of aromatic nitrogens is 2. The molecule has 1 amide bonds. The summed E-state index contributed by atoms with van der Waals surface area (Å²) in [5.41, 5.74) is 6.42. The number of anilines is 2. The van der Waals surface area contributed by atoms with Gasteiger partial charge in [0, 0.05) is 11.8 Å². The summed E-state index contributed by atoms with van der Waals surface area (Å²) in [7, 11) is 0. The second-order valence-electron chi connectivity index (χ2n) is 4.08. The van der Waals surface area contributed by atoms with E-state index in [1.54, 1.807) is 6.07 Å². The Bertz CT molecular complexity index is 739. The largest absolute Gasteiger partial charge is 0.454 e. The molecule has 108 valence electrons. The lowest BCUT2D eigenvalue weighted by atomic mass is 10.1. The average Bonchev–Trinajstić information content (AvgIpc) is 2.88. The van der Waals surface area contributed by atoms with Gasteiger partial charge in [0.2, 0.25) is 6.79 Å². The fourth-order valence-electron chi connectivity index (χ4n) is 1.76. The van der Waals surface area contributed by atoms with Crippen molar-refractivity contribution in [1.82, 2.24) is 9.97 Å². The number of carbonyl (C=O) groups is 1. The molecule has 1 aromatic heterocycles. The normalized spacial score (nSPS) is 12.3. The van der Waals surface area contributed by atoms with E-state index in [4.69, 9.17) is 15.2 Å². The Balaban J connectivity index is 1.89. The molecule has 0 bridgehead atoms. The lowest BCUT2D eigenvalue weighted by Gasteiger charge is -2.09. The summed E-state index contributed by atoms with van der Waals surface area (Å²) < 4.78 is 11.4. The van der Waals surface area contributed by atoms with Crippen LogP contribution < -0.4 is 20.5 Å². The fraction of sp³-hybridized carbons (Fsp3) is 0.0833. The van der Waals surface area contributed by atoms with Crippen molar-refractivity contribution in [2.75, 3.05) is 17.8 Å². The number of carbonyl (C=O) groups excluding carboxylic acids is 1. The molecule has 9 heteroatoms. The molecule has 1 aliphatic rings. The van der Waals surface area contributed by atoms with E-state index in [0.717, 1.165) is 0 Å². The Morgan fingerprint density at radius 3 is 2.71 bits per heavy atom. The van der Waals surface area contributed by atoms with Crippen LogP contribution >= 0.6 is 31.9 Å². The second kappa shape index (κ2) is 5.49. The Kier molecular flexibility index (Phi) is 3.68. The first-order valence-corrected chi connectivity index (χ1v) is 7.31. The monoisotopic (exact) mass is 414 g/mol. The second-order valence-corrected chi connectivity index (χ2v) is 5.64. The van der Waals surface area contributed by atoms with Gasteiger partial charge in [-0.25, -0.2) is 9.97 Å². The van der Waals surface area contributed by atoms with Gasteiger partial charge < -0.3 is 20.5 Å². The maximum atomic E-state index is 12.3. The van der Waals surface area contributed by atoms with Crippen molar-refractivity contribution in [2.24, 2.45) is 0 Å². The van der Waals surface area contributed by atoms with E-state index in [1.165, 1.54) is 12.3 Å². The zero-order valence-electron chi connectivity index (χ0n) is 10.4. The molecule has 3 N–H and O–H groups in total. The van der Waals surface area contributed by atoms with Crippen molar-refractivity contribution in [3.8, 4) is 11.5 Å². The molecule has 0 radical (unpaired) electrons. The average molecular weight is 416 g/mol. The Morgan fingerprint density at radius 1 is 1.29 bits per heavy atom. The molecular weight excluding hydrogens is 408 g/mol. The molecule has 1 aromatic carbocycles. The molecule has 0 unspecified atom stereocenters. The van der Waals surface area contributed by atoms with Crippen LogP contribution in [-0.4, -0.2) is 22.7 Å². The van der Waals surface area contributed by atoms with E-state index in [9.17, 15) is 4.79 Å². The van der Waals surface area contributed by atoms with Crippen LogP contribution in [0.5, 0.6) is 11.5 Å². The van der Waals surface area contributed by atoms with Gasteiger partial charge in [-0.15, -0.1) is 0 Å². The van der Waals surface area contributed by atoms with Crippen LogP contribution in [0, 0.1) is 0 Å². The number of nitrogens with two attached hydrogens (primary N) is 1. The van der Waals surface area contributed by atoms with Crippen molar-refractivity contribution in [3.63, 3.8) is 0 Å². The van der Waals surface area contributed by atoms with Gasteiger partial charge >= 0.3 is 0 Å². The highest BCUT2D eigenvalue weighted by Gasteiger charge is 2.20. The molecule has 21 heavy (non-hydrogen) atoms. The van der Waals surface area contributed by atoms with E-state index in [1.807, 2.05) is 0 Å². The number of nitrogen functional groups attached to an aromatic ring is 1. The molecule has 0 saturated carbocycles. The minimum Gasteiger partial charge on any atom is -0.454 e. The number of benzene rings is 1. The molecule has 2 aromatic rings. The van der Waals surface area contributed by atoms with Crippen LogP contribution in [0.3, 0.4) is 0 Å². The number of nitrogens with zero attached hydrogens (tertiary/aromatic N) is 2. The molecule has 0 spiro atoms. The lowest BCUT2D eigenvalue weighted by molar-refractivity contribution is 0.102. The Hall–Kier alpha value is -1.87. The highest BCUT2D eigenvalue weighted by Crippen LogP contribution is 2.36.